The molecule has 1 saturated heterocycles. The van der Waals surface area contributed by atoms with Crippen molar-refractivity contribution < 1.29 is 14.5 Å². The maximum atomic E-state index is 13.1. The van der Waals surface area contributed by atoms with E-state index >= 15 is 0 Å². The van der Waals surface area contributed by atoms with Gasteiger partial charge in [-0.25, -0.2) is 0 Å². The summed E-state index contributed by atoms with van der Waals surface area (Å²) in [4.78, 5) is 39.8. The van der Waals surface area contributed by atoms with Crippen molar-refractivity contribution in [1.82, 2.24) is 9.80 Å². The van der Waals surface area contributed by atoms with Crippen molar-refractivity contribution in [2.24, 2.45) is 0 Å². The van der Waals surface area contributed by atoms with Crippen LogP contribution >= 0.6 is 0 Å². The number of benzene rings is 3. The Balaban J connectivity index is 1.46. The third kappa shape index (κ3) is 3.61. The van der Waals surface area contributed by atoms with Gasteiger partial charge in [-0.15, -0.1) is 0 Å². The number of amides is 2. The van der Waals surface area contributed by atoms with Gasteiger partial charge in [0.05, 0.1) is 4.92 Å². The zero-order valence-corrected chi connectivity index (χ0v) is 16.6. The Morgan fingerprint density at radius 2 is 1.50 bits per heavy atom. The number of piperazine rings is 1. The summed E-state index contributed by atoms with van der Waals surface area (Å²) in [5, 5.41) is 12.9. The number of fused-ring (bicyclic) bond motifs is 1. The predicted molar refractivity (Wildman–Crippen MR) is 114 cm³/mol. The van der Waals surface area contributed by atoms with E-state index in [0.29, 0.717) is 42.9 Å². The highest BCUT2D eigenvalue weighted by molar-refractivity contribution is 6.07. The molecule has 3 aromatic rings. The maximum Gasteiger partial charge on any atom is 0.272 e. The van der Waals surface area contributed by atoms with E-state index in [2.05, 4.69) is 0 Å². The fourth-order valence-corrected chi connectivity index (χ4v) is 3.87. The SMILES string of the molecule is Cc1cc(C(=O)N2CCN(C(=O)c3cccc4ccccc34)CC2)ccc1[N+](=O)[O-]. The lowest BCUT2D eigenvalue weighted by atomic mass is 10.0. The van der Waals surface area contributed by atoms with Gasteiger partial charge in [0.1, 0.15) is 0 Å². The van der Waals surface area contributed by atoms with E-state index in [1.807, 2.05) is 42.5 Å². The first-order valence-electron chi connectivity index (χ1n) is 9.77. The topological polar surface area (TPSA) is 83.8 Å². The van der Waals surface area contributed by atoms with E-state index in [1.54, 1.807) is 22.8 Å². The second kappa shape index (κ2) is 7.94. The molecule has 30 heavy (non-hydrogen) atoms. The molecule has 0 unspecified atom stereocenters. The summed E-state index contributed by atoms with van der Waals surface area (Å²) in [6.45, 7) is 3.35. The molecule has 0 bridgehead atoms. The van der Waals surface area contributed by atoms with Gasteiger partial charge in [-0.3, -0.25) is 19.7 Å². The summed E-state index contributed by atoms with van der Waals surface area (Å²) in [6, 6.07) is 17.9. The Kier molecular flexibility index (Phi) is 5.18. The lowest BCUT2D eigenvalue weighted by Crippen LogP contribution is -2.50. The van der Waals surface area contributed by atoms with E-state index in [1.165, 1.54) is 12.1 Å². The maximum absolute atomic E-state index is 13.1. The molecule has 1 aliphatic rings. The molecule has 1 aliphatic heterocycles. The molecule has 0 aromatic heterocycles. The van der Waals surface area contributed by atoms with E-state index in [4.69, 9.17) is 0 Å². The highest BCUT2D eigenvalue weighted by Crippen LogP contribution is 2.22. The van der Waals surface area contributed by atoms with Crippen molar-refractivity contribution >= 4 is 28.3 Å². The first-order chi connectivity index (χ1) is 14.5. The first kappa shape index (κ1) is 19.6. The van der Waals surface area contributed by atoms with Crippen LogP contribution in [0.15, 0.2) is 60.7 Å². The number of rotatable bonds is 3. The van der Waals surface area contributed by atoms with Gasteiger partial charge in [-0.05, 0) is 35.9 Å². The van der Waals surface area contributed by atoms with Gasteiger partial charge in [-0.2, -0.15) is 0 Å². The van der Waals surface area contributed by atoms with E-state index < -0.39 is 4.92 Å². The van der Waals surface area contributed by atoms with E-state index in [-0.39, 0.29) is 17.5 Å². The predicted octanol–water partition coefficient (Wildman–Crippen LogP) is 3.65. The van der Waals surface area contributed by atoms with Crippen molar-refractivity contribution in [2.75, 3.05) is 26.2 Å². The van der Waals surface area contributed by atoms with Crippen LogP contribution in [0.1, 0.15) is 26.3 Å². The Morgan fingerprint density at radius 1 is 0.867 bits per heavy atom. The lowest BCUT2D eigenvalue weighted by Gasteiger charge is -2.35. The summed E-state index contributed by atoms with van der Waals surface area (Å²) in [5.74, 6) is -0.213. The van der Waals surface area contributed by atoms with Crippen LogP contribution in [0.4, 0.5) is 5.69 Å². The molecule has 1 heterocycles. The molecule has 7 heteroatoms. The van der Waals surface area contributed by atoms with Gasteiger partial charge in [0.2, 0.25) is 0 Å². The summed E-state index contributed by atoms with van der Waals surface area (Å²) in [6.07, 6.45) is 0. The molecular weight excluding hydrogens is 382 g/mol. The average molecular weight is 403 g/mol. The standard InChI is InChI=1S/C23H21N3O4/c1-16-15-18(9-10-21(16)26(29)30)22(27)24-11-13-25(14-12-24)23(28)20-8-4-6-17-5-2-3-7-19(17)20/h2-10,15H,11-14H2,1H3. The molecule has 152 valence electrons. The van der Waals surface area contributed by atoms with Crippen molar-refractivity contribution in [3.05, 3.63) is 87.5 Å². The van der Waals surface area contributed by atoms with Crippen LogP contribution in [0.25, 0.3) is 10.8 Å². The highest BCUT2D eigenvalue weighted by atomic mass is 16.6. The molecule has 0 spiro atoms. The van der Waals surface area contributed by atoms with Gasteiger partial charge in [0.25, 0.3) is 17.5 Å². The first-order valence-corrected chi connectivity index (χ1v) is 9.77. The van der Waals surface area contributed by atoms with Crippen LogP contribution in [-0.2, 0) is 0 Å². The highest BCUT2D eigenvalue weighted by Gasteiger charge is 2.27. The summed E-state index contributed by atoms with van der Waals surface area (Å²) in [5.41, 5.74) is 1.54. The minimum absolute atomic E-state index is 0.00273. The molecule has 0 aliphatic carbocycles. The molecule has 4 rings (SSSR count). The second-order valence-corrected chi connectivity index (χ2v) is 7.37. The van der Waals surface area contributed by atoms with E-state index in [0.717, 1.165) is 10.8 Å². The third-order valence-corrected chi connectivity index (χ3v) is 5.51. The zero-order chi connectivity index (χ0) is 21.3. The largest absolute Gasteiger partial charge is 0.335 e. The molecule has 0 atom stereocenters. The molecule has 0 saturated carbocycles. The number of nitro groups is 1. The fourth-order valence-electron chi connectivity index (χ4n) is 3.87. The van der Waals surface area contributed by atoms with Crippen LogP contribution in [-0.4, -0.2) is 52.7 Å². The summed E-state index contributed by atoms with van der Waals surface area (Å²) in [7, 11) is 0. The minimum atomic E-state index is -0.457. The number of aryl methyl sites for hydroxylation is 1. The molecule has 1 fully saturated rings. The Hall–Kier alpha value is -3.74. The number of carbonyl (C=O) groups is 2. The van der Waals surface area contributed by atoms with Crippen molar-refractivity contribution in [1.29, 1.82) is 0 Å². The second-order valence-electron chi connectivity index (χ2n) is 7.37. The van der Waals surface area contributed by atoms with Crippen LogP contribution in [0.3, 0.4) is 0 Å². The number of nitro benzene ring substituents is 1. The number of hydrogen-bond donors (Lipinski definition) is 0. The Labute approximate surface area is 173 Å². The quantitative estimate of drug-likeness (QED) is 0.494. The van der Waals surface area contributed by atoms with E-state index in [9.17, 15) is 19.7 Å². The van der Waals surface area contributed by atoms with Crippen molar-refractivity contribution in [3.8, 4) is 0 Å². The van der Waals surface area contributed by atoms with Gasteiger partial charge in [0, 0.05) is 48.9 Å². The van der Waals surface area contributed by atoms with Gasteiger partial charge >= 0.3 is 0 Å². The smallest absolute Gasteiger partial charge is 0.272 e. The molecule has 2 amide bonds. The normalized spacial score (nSPS) is 14.0. The number of nitrogens with zero attached hydrogens (tertiary/aromatic N) is 3. The summed E-state index contributed by atoms with van der Waals surface area (Å²) >= 11 is 0. The van der Waals surface area contributed by atoms with Gasteiger partial charge < -0.3 is 9.80 Å². The monoisotopic (exact) mass is 403 g/mol. The molecule has 0 N–H and O–H groups in total. The lowest BCUT2D eigenvalue weighted by molar-refractivity contribution is -0.385. The van der Waals surface area contributed by atoms with Crippen LogP contribution in [0, 0.1) is 17.0 Å². The summed E-state index contributed by atoms with van der Waals surface area (Å²) < 4.78 is 0. The minimum Gasteiger partial charge on any atom is -0.335 e. The van der Waals surface area contributed by atoms with Crippen molar-refractivity contribution in [2.45, 2.75) is 6.92 Å². The molecule has 3 aromatic carbocycles. The number of hydrogen-bond acceptors (Lipinski definition) is 4. The number of carbonyl (C=O) groups excluding carboxylic acids is 2. The van der Waals surface area contributed by atoms with Crippen LogP contribution in [0.2, 0.25) is 0 Å². The average Bonchev–Trinajstić information content (AvgIpc) is 2.77. The third-order valence-electron chi connectivity index (χ3n) is 5.51. The molecule has 7 nitrogen and oxygen atoms in total. The van der Waals surface area contributed by atoms with Crippen LogP contribution < -0.4 is 0 Å². The zero-order valence-electron chi connectivity index (χ0n) is 16.6. The Bertz CT molecular complexity index is 1140. The fraction of sp³-hybridized carbons (Fsp3) is 0.217. The van der Waals surface area contributed by atoms with Crippen molar-refractivity contribution in [3.63, 3.8) is 0 Å². The van der Waals surface area contributed by atoms with Crippen LogP contribution in [0.5, 0.6) is 0 Å². The Morgan fingerprint density at radius 3 is 2.17 bits per heavy atom. The molecule has 0 radical (unpaired) electrons. The molecular formula is C23H21N3O4. The van der Waals surface area contributed by atoms with Gasteiger partial charge in [0.15, 0.2) is 0 Å². The van der Waals surface area contributed by atoms with Gasteiger partial charge in [-0.1, -0.05) is 36.4 Å².